The molecule has 2 N–H and O–H groups in total. The standard InChI is InChI=1S/C14H27N5/c1-5-8-16-14-17-12(2)11-13(18-14)15-9-6-7-10-19(3)4/h11H,5-10H2,1-4H3,(H2,15,16,17,18). The Kier molecular flexibility index (Phi) is 7.18. The molecular weight excluding hydrogens is 238 g/mol. The molecule has 0 atom stereocenters. The van der Waals surface area contributed by atoms with Crippen molar-refractivity contribution >= 4 is 11.8 Å². The van der Waals surface area contributed by atoms with E-state index in [1.807, 2.05) is 13.0 Å². The number of nitrogens with one attached hydrogen (secondary N) is 2. The molecule has 0 aromatic carbocycles. The van der Waals surface area contributed by atoms with E-state index >= 15 is 0 Å². The molecule has 5 nitrogen and oxygen atoms in total. The Balaban J connectivity index is 2.38. The van der Waals surface area contributed by atoms with Gasteiger partial charge < -0.3 is 15.5 Å². The Bertz CT molecular complexity index is 365. The van der Waals surface area contributed by atoms with Crippen molar-refractivity contribution in [3.8, 4) is 0 Å². The summed E-state index contributed by atoms with van der Waals surface area (Å²) in [6.45, 7) is 7.12. The normalized spacial score (nSPS) is 10.8. The highest BCUT2D eigenvalue weighted by atomic mass is 15.1. The van der Waals surface area contributed by atoms with Crippen molar-refractivity contribution in [1.82, 2.24) is 14.9 Å². The Morgan fingerprint density at radius 3 is 2.58 bits per heavy atom. The number of hydrogen-bond donors (Lipinski definition) is 2. The van der Waals surface area contributed by atoms with Crippen LogP contribution in [0, 0.1) is 6.92 Å². The van der Waals surface area contributed by atoms with Crippen molar-refractivity contribution in [2.75, 3.05) is 44.4 Å². The molecular formula is C14H27N5. The van der Waals surface area contributed by atoms with Gasteiger partial charge in [0, 0.05) is 24.8 Å². The van der Waals surface area contributed by atoms with Gasteiger partial charge in [0.15, 0.2) is 0 Å². The Morgan fingerprint density at radius 2 is 1.89 bits per heavy atom. The van der Waals surface area contributed by atoms with Crippen molar-refractivity contribution in [3.05, 3.63) is 11.8 Å². The fourth-order valence-corrected chi connectivity index (χ4v) is 1.74. The van der Waals surface area contributed by atoms with Gasteiger partial charge in [-0.1, -0.05) is 6.92 Å². The van der Waals surface area contributed by atoms with Crippen LogP contribution < -0.4 is 10.6 Å². The van der Waals surface area contributed by atoms with Gasteiger partial charge in [0.05, 0.1) is 0 Å². The molecule has 1 aromatic heterocycles. The van der Waals surface area contributed by atoms with Crippen molar-refractivity contribution in [2.24, 2.45) is 0 Å². The van der Waals surface area contributed by atoms with E-state index in [4.69, 9.17) is 0 Å². The predicted molar refractivity (Wildman–Crippen MR) is 81.8 cm³/mol. The Labute approximate surface area is 116 Å². The molecule has 0 aliphatic heterocycles. The van der Waals surface area contributed by atoms with E-state index in [0.29, 0.717) is 0 Å². The molecule has 0 saturated heterocycles. The van der Waals surface area contributed by atoms with Crippen LogP contribution in [0.5, 0.6) is 0 Å². The summed E-state index contributed by atoms with van der Waals surface area (Å²) in [6.07, 6.45) is 3.43. The lowest BCUT2D eigenvalue weighted by atomic mass is 10.3. The first-order valence-corrected chi connectivity index (χ1v) is 7.10. The van der Waals surface area contributed by atoms with E-state index in [1.165, 1.54) is 6.42 Å². The molecule has 1 rings (SSSR count). The van der Waals surface area contributed by atoms with Crippen LogP contribution in [0.3, 0.4) is 0 Å². The van der Waals surface area contributed by atoms with Crippen LogP contribution >= 0.6 is 0 Å². The number of aromatic nitrogens is 2. The Morgan fingerprint density at radius 1 is 1.11 bits per heavy atom. The van der Waals surface area contributed by atoms with Gasteiger partial charge in [-0.2, -0.15) is 4.98 Å². The zero-order valence-electron chi connectivity index (χ0n) is 12.7. The number of anilines is 2. The van der Waals surface area contributed by atoms with Gasteiger partial charge in [-0.25, -0.2) is 4.98 Å². The summed E-state index contributed by atoms with van der Waals surface area (Å²) >= 11 is 0. The third-order valence-electron chi connectivity index (χ3n) is 2.73. The third kappa shape index (κ3) is 6.96. The molecule has 1 aromatic rings. The minimum absolute atomic E-state index is 0.720. The molecule has 108 valence electrons. The second-order valence-corrected chi connectivity index (χ2v) is 5.08. The summed E-state index contributed by atoms with van der Waals surface area (Å²) < 4.78 is 0. The van der Waals surface area contributed by atoms with Crippen LogP contribution in [0.4, 0.5) is 11.8 Å². The van der Waals surface area contributed by atoms with E-state index in [1.54, 1.807) is 0 Å². The van der Waals surface area contributed by atoms with Crippen LogP contribution in [0.2, 0.25) is 0 Å². The first kappa shape index (κ1) is 15.7. The molecule has 0 aliphatic rings. The quantitative estimate of drug-likeness (QED) is 0.671. The minimum Gasteiger partial charge on any atom is -0.370 e. The molecule has 0 fully saturated rings. The summed E-state index contributed by atoms with van der Waals surface area (Å²) in [7, 11) is 4.21. The zero-order valence-corrected chi connectivity index (χ0v) is 12.7. The average molecular weight is 265 g/mol. The maximum Gasteiger partial charge on any atom is 0.224 e. The van der Waals surface area contributed by atoms with E-state index in [9.17, 15) is 0 Å². The second kappa shape index (κ2) is 8.69. The molecule has 0 aliphatic carbocycles. The van der Waals surface area contributed by atoms with Gasteiger partial charge in [-0.3, -0.25) is 0 Å². The zero-order chi connectivity index (χ0) is 14.1. The summed E-state index contributed by atoms with van der Waals surface area (Å²) in [4.78, 5) is 11.0. The smallest absolute Gasteiger partial charge is 0.224 e. The molecule has 5 heteroatoms. The molecule has 0 amide bonds. The number of nitrogens with zero attached hydrogens (tertiary/aromatic N) is 3. The fourth-order valence-electron chi connectivity index (χ4n) is 1.74. The van der Waals surface area contributed by atoms with Gasteiger partial charge >= 0.3 is 0 Å². The highest BCUT2D eigenvalue weighted by molar-refractivity contribution is 5.41. The molecule has 0 radical (unpaired) electrons. The number of hydrogen-bond acceptors (Lipinski definition) is 5. The van der Waals surface area contributed by atoms with Gasteiger partial charge in [-0.15, -0.1) is 0 Å². The van der Waals surface area contributed by atoms with Crippen LogP contribution in [-0.4, -0.2) is 48.6 Å². The third-order valence-corrected chi connectivity index (χ3v) is 2.73. The van der Waals surface area contributed by atoms with Crippen molar-refractivity contribution < 1.29 is 0 Å². The largest absolute Gasteiger partial charge is 0.370 e. The van der Waals surface area contributed by atoms with Gasteiger partial charge in [-0.05, 0) is 46.8 Å². The summed E-state index contributed by atoms with van der Waals surface area (Å²) in [5.41, 5.74) is 0.990. The van der Waals surface area contributed by atoms with Crippen LogP contribution in [-0.2, 0) is 0 Å². The van der Waals surface area contributed by atoms with Crippen LogP contribution in [0.15, 0.2) is 6.07 Å². The van der Waals surface area contributed by atoms with E-state index in [0.717, 1.165) is 49.9 Å². The van der Waals surface area contributed by atoms with E-state index in [-0.39, 0.29) is 0 Å². The molecule has 0 bridgehead atoms. The topological polar surface area (TPSA) is 53.1 Å². The summed E-state index contributed by atoms with van der Waals surface area (Å²) in [6, 6.07) is 1.99. The number of unbranched alkanes of at least 4 members (excludes halogenated alkanes) is 1. The lowest BCUT2D eigenvalue weighted by Gasteiger charge is -2.11. The van der Waals surface area contributed by atoms with E-state index < -0.39 is 0 Å². The highest BCUT2D eigenvalue weighted by Crippen LogP contribution is 2.09. The summed E-state index contributed by atoms with van der Waals surface area (Å²) in [5, 5.41) is 6.59. The van der Waals surface area contributed by atoms with Gasteiger partial charge in [0.25, 0.3) is 0 Å². The molecule has 0 saturated carbocycles. The molecule has 0 spiro atoms. The SMILES string of the molecule is CCCNc1nc(C)cc(NCCCCN(C)C)n1. The van der Waals surface area contributed by atoms with Gasteiger partial charge in [0.1, 0.15) is 5.82 Å². The average Bonchev–Trinajstić information content (AvgIpc) is 2.35. The number of rotatable bonds is 9. The predicted octanol–water partition coefficient (Wildman–Crippen LogP) is 2.36. The number of aryl methyl sites for hydroxylation is 1. The van der Waals surface area contributed by atoms with Crippen molar-refractivity contribution in [1.29, 1.82) is 0 Å². The maximum atomic E-state index is 4.46. The van der Waals surface area contributed by atoms with Crippen molar-refractivity contribution in [2.45, 2.75) is 33.1 Å². The Hall–Kier alpha value is -1.36. The van der Waals surface area contributed by atoms with Crippen molar-refractivity contribution in [3.63, 3.8) is 0 Å². The first-order chi connectivity index (χ1) is 9.11. The molecule has 19 heavy (non-hydrogen) atoms. The maximum absolute atomic E-state index is 4.46. The second-order valence-electron chi connectivity index (χ2n) is 5.08. The fraction of sp³-hybridized carbons (Fsp3) is 0.714. The summed E-state index contributed by atoms with van der Waals surface area (Å²) in [5.74, 6) is 1.63. The lowest BCUT2D eigenvalue weighted by Crippen LogP contribution is -2.14. The van der Waals surface area contributed by atoms with Crippen LogP contribution in [0.1, 0.15) is 31.9 Å². The highest BCUT2D eigenvalue weighted by Gasteiger charge is 2.01. The molecule has 0 unspecified atom stereocenters. The van der Waals surface area contributed by atoms with Crippen LogP contribution in [0.25, 0.3) is 0 Å². The lowest BCUT2D eigenvalue weighted by molar-refractivity contribution is 0.396. The monoisotopic (exact) mass is 265 g/mol. The van der Waals surface area contributed by atoms with E-state index in [2.05, 4.69) is 46.5 Å². The van der Waals surface area contributed by atoms with Gasteiger partial charge in [0.2, 0.25) is 5.95 Å². The first-order valence-electron chi connectivity index (χ1n) is 7.10. The minimum atomic E-state index is 0.720. The molecule has 1 heterocycles.